The van der Waals surface area contributed by atoms with E-state index in [1.165, 1.54) is 11.0 Å². The number of amides is 1. The first-order valence-electron chi connectivity index (χ1n) is 7.34. The van der Waals surface area contributed by atoms with Crippen LogP contribution in [-0.4, -0.2) is 49.7 Å². The highest BCUT2D eigenvalue weighted by molar-refractivity contribution is 7.88. The van der Waals surface area contributed by atoms with E-state index in [1.54, 1.807) is 6.07 Å². The van der Waals surface area contributed by atoms with Crippen LogP contribution in [0.1, 0.15) is 17.9 Å². The van der Waals surface area contributed by atoms with Gasteiger partial charge in [-0.1, -0.05) is 12.1 Å². The van der Waals surface area contributed by atoms with Crippen molar-refractivity contribution in [1.82, 2.24) is 4.90 Å². The van der Waals surface area contributed by atoms with Crippen molar-refractivity contribution >= 4 is 16.2 Å². The van der Waals surface area contributed by atoms with Gasteiger partial charge in [0, 0.05) is 24.6 Å². The molecular weight excluding hydrogens is 367 g/mol. The molecule has 138 valence electrons. The largest absolute Gasteiger partial charge is 0.534 e. The summed E-state index contributed by atoms with van der Waals surface area (Å²) < 4.78 is 69.9. The summed E-state index contributed by atoms with van der Waals surface area (Å²) in [6.07, 6.45) is -0.586. The average molecular weight is 381 g/mol. The summed E-state index contributed by atoms with van der Waals surface area (Å²) in [5, 5.41) is 9.14. The van der Waals surface area contributed by atoms with Gasteiger partial charge in [0.25, 0.3) is 0 Å². The number of nitrogens with zero attached hydrogens (tertiary/aromatic N) is 1. The number of benzene rings is 1. The van der Waals surface area contributed by atoms with Gasteiger partial charge < -0.3 is 18.9 Å². The topological polar surface area (TPSA) is 93.1 Å². The number of hydrogen-bond acceptors (Lipinski definition) is 5. The Hall–Kier alpha value is -2.17. The van der Waals surface area contributed by atoms with Gasteiger partial charge in [0.05, 0.1) is 6.61 Å². The molecule has 0 aromatic heterocycles. The smallest absolute Gasteiger partial charge is 0.489 e. The van der Waals surface area contributed by atoms with Gasteiger partial charge in [-0.15, -0.1) is 0 Å². The molecule has 1 amide bonds. The standard InChI is InChI=1S/C14H14F3NO6S/c15-14(16,17)25(21,22)24-11-3-1-2-9-10-7-18(13(19)20)6-8(10)4-5-23-12(9)11/h1-3,8,10H,4-7H2,(H,19,20)/t8?,10-/m0/s1. The molecule has 11 heteroatoms. The van der Waals surface area contributed by atoms with Crippen LogP contribution in [0.3, 0.4) is 0 Å². The third kappa shape index (κ3) is 3.20. The molecule has 0 saturated carbocycles. The number of likely N-dealkylation sites (tertiary alicyclic amines) is 1. The van der Waals surface area contributed by atoms with Crippen molar-refractivity contribution in [2.75, 3.05) is 19.7 Å². The third-order valence-corrected chi connectivity index (χ3v) is 5.30. The van der Waals surface area contributed by atoms with E-state index in [1.807, 2.05) is 0 Å². The van der Waals surface area contributed by atoms with Crippen molar-refractivity contribution in [2.45, 2.75) is 17.8 Å². The maximum absolute atomic E-state index is 12.6. The van der Waals surface area contributed by atoms with Gasteiger partial charge >= 0.3 is 21.7 Å². The lowest BCUT2D eigenvalue weighted by Crippen LogP contribution is -2.28. The second-order valence-corrected chi connectivity index (χ2v) is 7.39. The van der Waals surface area contributed by atoms with Crippen molar-refractivity contribution in [2.24, 2.45) is 5.92 Å². The monoisotopic (exact) mass is 381 g/mol. The molecule has 3 rings (SSSR count). The van der Waals surface area contributed by atoms with Crippen molar-refractivity contribution in [1.29, 1.82) is 0 Å². The van der Waals surface area contributed by atoms with Crippen molar-refractivity contribution in [3.63, 3.8) is 0 Å². The minimum Gasteiger partial charge on any atom is -0.489 e. The number of rotatable bonds is 2. The van der Waals surface area contributed by atoms with E-state index in [4.69, 9.17) is 9.84 Å². The Morgan fingerprint density at radius 2 is 2.04 bits per heavy atom. The zero-order valence-corrected chi connectivity index (χ0v) is 13.5. The molecule has 1 fully saturated rings. The number of halogens is 3. The molecule has 0 aliphatic carbocycles. The van der Waals surface area contributed by atoms with Crippen LogP contribution < -0.4 is 8.92 Å². The van der Waals surface area contributed by atoms with Gasteiger partial charge in [-0.3, -0.25) is 0 Å². The highest BCUT2D eigenvalue weighted by Gasteiger charge is 2.49. The van der Waals surface area contributed by atoms with E-state index < -0.39 is 27.5 Å². The molecule has 0 bridgehead atoms. The Bertz CT molecular complexity index is 794. The maximum atomic E-state index is 12.6. The fourth-order valence-electron chi connectivity index (χ4n) is 3.19. The van der Waals surface area contributed by atoms with Crippen LogP contribution in [0.5, 0.6) is 11.5 Å². The Balaban J connectivity index is 1.98. The van der Waals surface area contributed by atoms with E-state index >= 15 is 0 Å². The molecule has 1 unspecified atom stereocenters. The second-order valence-electron chi connectivity index (χ2n) is 5.85. The zero-order valence-electron chi connectivity index (χ0n) is 12.7. The number of alkyl halides is 3. The molecule has 1 aromatic carbocycles. The van der Waals surface area contributed by atoms with Crippen LogP contribution in [-0.2, 0) is 10.1 Å². The summed E-state index contributed by atoms with van der Waals surface area (Å²) in [5.41, 5.74) is -5.11. The van der Waals surface area contributed by atoms with Crippen LogP contribution >= 0.6 is 0 Å². The molecule has 0 radical (unpaired) electrons. The van der Waals surface area contributed by atoms with Crippen LogP contribution in [0.25, 0.3) is 0 Å². The third-order valence-electron chi connectivity index (χ3n) is 4.34. The summed E-state index contributed by atoms with van der Waals surface area (Å²) in [4.78, 5) is 12.4. The zero-order chi connectivity index (χ0) is 18.4. The van der Waals surface area contributed by atoms with E-state index in [0.29, 0.717) is 12.0 Å². The summed E-state index contributed by atoms with van der Waals surface area (Å²) in [5.74, 6) is -1.00. The van der Waals surface area contributed by atoms with E-state index in [9.17, 15) is 26.4 Å². The van der Waals surface area contributed by atoms with Crippen LogP contribution in [0, 0.1) is 5.92 Å². The molecule has 2 aliphatic heterocycles. The van der Waals surface area contributed by atoms with Gasteiger partial charge in [-0.25, -0.2) is 4.79 Å². The minimum absolute atomic E-state index is 0.0631. The van der Waals surface area contributed by atoms with E-state index in [-0.39, 0.29) is 37.3 Å². The van der Waals surface area contributed by atoms with Gasteiger partial charge in [0.15, 0.2) is 11.5 Å². The Morgan fingerprint density at radius 1 is 1.32 bits per heavy atom. The highest BCUT2D eigenvalue weighted by atomic mass is 32.2. The van der Waals surface area contributed by atoms with Gasteiger partial charge in [-0.05, 0) is 18.4 Å². The molecule has 25 heavy (non-hydrogen) atoms. The number of fused-ring (bicyclic) bond motifs is 3. The Kier molecular flexibility index (Phi) is 4.21. The number of hydrogen-bond donors (Lipinski definition) is 1. The van der Waals surface area contributed by atoms with Gasteiger partial charge in [0.1, 0.15) is 0 Å². The van der Waals surface area contributed by atoms with E-state index in [2.05, 4.69) is 4.18 Å². The van der Waals surface area contributed by atoms with Crippen LogP contribution in [0.2, 0.25) is 0 Å². The molecule has 1 saturated heterocycles. The lowest BCUT2D eigenvalue weighted by Gasteiger charge is -2.18. The molecule has 2 atom stereocenters. The fraction of sp³-hybridized carbons (Fsp3) is 0.500. The first-order valence-corrected chi connectivity index (χ1v) is 8.75. The number of carboxylic acid groups (broad SMARTS) is 1. The van der Waals surface area contributed by atoms with Crippen LogP contribution in [0.15, 0.2) is 18.2 Å². The molecule has 1 N–H and O–H groups in total. The normalized spacial score (nSPS) is 23.2. The summed E-state index contributed by atoms with van der Waals surface area (Å²) in [6.45, 7) is 0.564. The lowest BCUT2D eigenvalue weighted by atomic mass is 9.87. The Labute approximate surface area is 141 Å². The first kappa shape index (κ1) is 17.6. The number of para-hydroxylation sites is 1. The first-order chi connectivity index (χ1) is 11.6. The SMILES string of the molecule is O=C(O)N1CC2CCOc3c(OS(=O)(=O)C(F)(F)F)cccc3[C@H]2C1. The number of carbonyl (C=O) groups is 1. The Morgan fingerprint density at radius 3 is 2.68 bits per heavy atom. The van der Waals surface area contributed by atoms with Gasteiger partial charge in [-0.2, -0.15) is 21.6 Å². The molecule has 1 aromatic rings. The van der Waals surface area contributed by atoms with Gasteiger partial charge in [0.2, 0.25) is 0 Å². The maximum Gasteiger partial charge on any atom is 0.534 e. The minimum atomic E-state index is -5.83. The fourth-order valence-corrected chi connectivity index (χ4v) is 3.66. The molecule has 7 nitrogen and oxygen atoms in total. The molecule has 0 spiro atoms. The summed E-state index contributed by atoms with van der Waals surface area (Å²) >= 11 is 0. The predicted molar refractivity (Wildman–Crippen MR) is 78.0 cm³/mol. The highest BCUT2D eigenvalue weighted by Crippen LogP contribution is 2.46. The molecule has 2 aliphatic rings. The number of ether oxygens (including phenoxy) is 1. The van der Waals surface area contributed by atoms with Crippen LogP contribution in [0.4, 0.5) is 18.0 Å². The second kappa shape index (κ2) is 5.97. The molecule has 2 heterocycles. The van der Waals surface area contributed by atoms with Crippen molar-refractivity contribution < 1.29 is 40.4 Å². The predicted octanol–water partition coefficient (Wildman–Crippen LogP) is 2.39. The summed E-state index contributed by atoms with van der Waals surface area (Å²) in [7, 11) is -5.83. The van der Waals surface area contributed by atoms with E-state index in [0.717, 1.165) is 6.07 Å². The quantitative estimate of drug-likeness (QED) is 0.625. The summed E-state index contributed by atoms with van der Waals surface area (Å²) in [6, 6.07) is 4.01. The average Bonchev–Trinajstić information content (AvgIpc) is 2.84. The van der Waals surface area contributed by atoms with Crippen molar-refractivity contribution in [3.05, 3.63) is 23.8 Å². The van der Waals surface area contributed by atoms with Crippen molar-refractivity contribution in [3.8, 4) is 11.5 Å². The lowest BCUT2D eigenvalue weighted by molar-refractivity contribution is -0.0500. The molecular formula is C14H14F3NO6S.